The van der Waals surface area contributed by atoms with Crippen LogP contribution in [0, 0.1) is 0 Å². The van der Waals surface area contributed by atoms with Crippen LogP contribution in [0.15, 0.2) is 72.8 Å². The van der Waals surface area contributed by atoms with E-state index in [4.69, 9.17) is 21.1 Å². The zero-order valence-electron chi connectivity index (χ0n) is 13.8. The Morgan fingerprint density at radius 2 is 1.68 bits per heavy atom. The Kier molecular flexibility index (Phi) is 4.35. The highest BCUT2D eigenvalue weighted by molar-refractivity contribution is 6.30. The third kappa shape index (κ3) is 3.21. The molecular formula is C21H18ClNO2. The number of halogens is 1. The highest BCUT2D eigenvalue weighted by Crippen LogP contribution is 2.42. The lowest BCUT2D eigenvalue weighted by molar-refractivity contribution is 0.0157. The Labute approximate surface area is 152 Å². The van der Waals surface area contributed by atoms with E-state index in [2.05, 4.69) is 17.4 Å². The fourth-order valence-corrected chi connectivity index (χ4v) is 3.27. The van der Waals surface area contributed by atoms with Crippen molar-refractivity contribution in [3.05, 3.63) is 94.5 Å². The molecule has 0 aromatic heterocycles. The number of rotatable bonds is 3. The van der Waals surface area contributed by atoms with Crippen molar-refractivity contribution in [1.82, 2.24) is 0 Å². The summed E-state index contributed by atoms with van der Waals surface area (Å²) in [6.45, 7) is 0. The van der Waals surface area contributed by atoms with Gasteiger partial charge in [0.25, 0.3) is 0 Å². The summed E-state index contributed by atoms with van der Waals surface area (Å²) in [5.41, 5.74) is 4.22. The Morgan fingerprint density at radius 3 is 2.40 bits per heavy atom. The molecule has 0 unspecified atom stereocenters. The second kappa shape index (κ2) is 6.79. The summed E-state index contributed by atoms with van der Waals surface area (Å²) < 4.78 is 11.6. The van der Waals surface area contributed by atoms with E-state index >= 15 is 0 Å². The van der Waals surface area contributed by atoms with Gasteiger partial charge in [-0.15, -0.1) is 0 Å². The van der Waals surface area contributed by atoms with Gasteiger partial charge in [0, 0.05) is 21.8 Å². The van der Waals surface area contributed by atoms with E-state index in [9.17, 15) is 0 Å². The molecule has 0 radical (unpaired) electrons. The maximum Gasteiger partial charge on any atom is 0.155 e. The SMILES string of the molecule is COc1ccc([C@@H]2Nc3ccc(Cl)cc3[C@H](c3ccccc3)O2)cc1. The number of nitrogens with one attached hydrogen (secondary N) is 1. The summed E-state index contributed by atoms with van der Waals surface area (Å²) in [6, 6.07) is 24.0. The molecule has 0 aliphatic carbocycles. The molecule has 3 nitrogen and oxygen atoms in total. The highest BCUT2D eigenvalue weighted by Gasteiger charge is 2.29. The number of benzene rings is 3. The predicted molar refractivity (Wildman–Crippen MR) is 100 cm³/mol. The molecule has 3 aromatic rings. The third-order valence-corrected chi connectivity index (χ3v) is 4.61. The molecule has 4 rings (SSSR count). The van der Waals surface area contributed by atoms with Gasteiger partial charge in [-0.2, -0.15) is 0 Å². The number of fused-ring (bicyclic) bond motifs is 1. The van der Waals surface area contributed by atoms with Crippen LogP contribution in [0.4, 0.5) is 5.69 Å². The molecule has 0 bridgehead atoms. The van der Waals surface area contributed by atoms with Gasteiger partial charge in [-0.05, 0) is 35.9 Å². The summed E-state index contributed by atoms with van der Waals surface area (Å²) in [6.07, 6.45) is -0.423. The van der Waals surface area contributed by atoms with Gasteiger partial charge in [-0.25, -0.2) is 0 Å². The molecule has 1 aliphatic rings. The van der Waals surface area contributed by atoms with Gasteiger partial charge in [0.05, 0.1) is 7.11 Å². The maximum absolute atomic E-state index is 6.40. The Hall–Kier alpha value is -2.49. The first-order valence-corrected chi connectivity index (χ1v) is 8.53. The minimum Gasteiger partial charge on any atom is -0.497 e. The molecule has 0 saturated carbocycles. The van der Waals surface area contributed by atoms with Crippen LogP contribution in [0.3, 0.4) is 0 Å². The predicted octanol–water partition coefficient (Wildman–Crippen LogP) is 5.58. The first-order valence-electron chi connectivity index (χ1n) is 8.15. The van der Waals surface area contributed by atoms with Gasteiger partial charge in [0.1, 0.15) is 11.9 Å². The molecule has 1 heterocycles. The zero-order chi connectivity index (χ0) is 17.2. The second-order valence-corrected chi connectivity index (χ2v) is 6.39. The van der Waals surface area contributed by atoms with Crippen LogP contribution < -0.4 is 10.1 Å². The zero-order valence-corrected chi connectivity index (χ0v) is 14.5. The Balaban J connectivity index is 1.74. The van der Waals surface area contributed by atoms with E-state index < -0.39 is 0 Å². The summed E-state index contributed by atoms with van der Waals surface area (Å²) in [4.78, 5) is 0. The van der Waals surface area contributed by atoms with Crippen molar-refractivity contribution >= 4 is 17.3 Å². The topological polar surface area (TPSA) is 30.5 Å². The molecule has 2 atom stereocenters. The van der Waals surface area contributed by atoms with Crippen LogP contribution >= 0.6 is 11.6 Å². The van der Waals surface area contributed by atoms with Crippen LogP contribution in [-0.2, 0) is 4.74 Å². The molecule has 1 aliphatic heterocycles. The van der Waals surface area contributed by atoms with Crippen LogP contribution in [0.1, 0.15) is 29.0 Å². The van der Waals surface area contributed by atoms with E-state index in [1.165, 1.54) is 0 Å². The van der Waals surface area contributed by atoms with Crippen LogP contribution in [0.5, 0.6) is 5.75 Å². The molecule has 25 heavy (non-hydrogen) atoms. The quantitative estimate of drug-likeness (QED) is 0.668. The first kappa shape index (κ1) is 16.0. The average molecular weight is 352 g/mol. The van der Waals surface area contributed by atoms with Gasteiger partial charge in [0.15, 0.2) is 6.23 Å². The minimum atomic E-state index is -0.246. The van der Waals surface area contributed by atoms with E-state index in [-0.39, 0.29) is 12.3 Å². The second-order valence-electron chi connectivity index (χ2n) is 5.96. The lowest BCUT2D eigenvalue weighted by Gasteiger charge is -2.34. The maximum atomic E-state index is 6.40. The normalized spacial score (nSPS) is 19.0. The van der Waals surface area contributed by atoms with Gasteiger partial charge in [-0.3, -0.25) is 0 Å². The van der Waals surface area contributed by atoms with Crippen molar-refractivity contribution in [2.24, 2.45) is 0 Å². The Morgan fingerprint density at radius 1 is 0.920 bits per heavy atom. The number of ether oxygens (including phenoxy) is 2. The number of anilines is 1. The summed E-state index contributed by atoms with van der Waals surface area (Å²) in [5.74, 6) is 0.825. The molecule has 0 spiro atoms. The minimum absolute atomic E-state index is 0.178. The smallest absolute Gasteiger partial charge is 0.155 e. The number of methoxy groups -OCH3 is 1. The van der Waals surface area contributed by atoms with E-state index in [1.807, 2.05) is 60.7 Å². The van der Waals surface area contributed by atoms with E-state index in [0.29, 0.717) is 5.02 Å². The number of hydrogen-bond acceptors (Lipinski definition) is 3. The van der Waals surface area contributed by atoms with Crippen molar-refractivity contribution in [3.63, 3.8) is 0 Å². The summed E-state index contributed by atoms with van der Waals surface area (Å²) >= 11 is 6.22. The third-order valence-electron chi connectivity index (χ3n) is 4.38. The van der Waals surface area contributed by atoms with Crippen molar-refractivity contribution in [1.29, 1.82) is 0 Å². The van der Waals surface area contributed by atoms with E-state index in [1.54, 1.807) is 7.11 Å². The molecular weight excluding hydrogens is 334 g/mol. The summed E-state index contributed by atoms with van der Waals surface area (Å²) in [7, 11) is 1.66. The van der Waals surface area contributed by atoms with Crippen LogP contribution in [0.2, 0.25) is 5.02 Å². The summed E-state index contributed by atoms with van der Waals surface area (Å²) in [5, 5.41) is 4.16. The average Bonchev–Trinajstić information content (AvgIpc) is 2.68. The molecule has 0 saturated heterocycles. The lowest BCUT2D eigenvalue weighted by atomic mass is 9.97. The lowest BCUT2D eigenvalue weighted by Crippen LogP contribution is -2.25. The van der Waals surface area contributed by atoms with Gasteiger partial charge < -0.3 is 14.8 Å². The molecule has 4 heteroatoms. The van der Waals surface area contributed by atoms with E-state index in [0.717, 1.165) is 28.1 Å². The first-order chi connectivity index (χ1) is 12.2. The van der Waals surface area contributed by atoms with Crippen molar-refractivity contribution in [2.45, 2.75) is 12.3 Å². The molecule has 126 valence electrons. The fraction of sp³-hybridized carbons (Fsp3) is 0.143. The molecule has 1 N–H and O–H groups in total. The monoisotopic (exact) mass is 351 g/mol. The molecule has 3 aromatic carbocycles. The fourth-order valence-electron chi connectivity index (χ4n) is 3.09. The molecule has 0 amide bonds. The van der Waals surface area contributed by atoms with Gasteiger partial charge >= 0.3 is 0 Å². The molecule has 0 fully saturated rings. The van der Waals surface area contributed by atoms with Crippen LogP contribution in [0.25, 0.3) is 0 Å². The van der Waals surface area contributed by atoms with Crippen molar-refractivity contribution < 1.29 is 9.47 Å². The van der Waals surface area contributed by atoms with Gasteiger partial charge in [0.2, 0.25) is 0 Å². The number of hydrogen-bond donors (Lipinski definition) is 1. The highest BCUT2D eigenvalue weighted by atomic mass is 35.5. The largest absolute Gasteiger partial charge is 0.497 e. The van der Waals surface area contributed by atoms with Crippen molar-refractivity contribution in [2.75, 3.05) is 12.4 Å². The van der Waals surface area contributed by atoms with Crippen molar-refractivity contribution in [3.8, 4) is 5.75 Å². The van der Waals surface area contributed by atoms with Gasteiger partial charge in [-0.1, -0.05) is 54.1 Å². The Bertz CT molecular complexity index is 865. The van der Waals surface area contributed by atoms with Crippen LogP contribution in [-0.4, -0.2) is 7.11 Å². The standard InChI is InChI=1S/C21H18ClNO2/c1-24-17-10-7-15(8-11-17)21-23-19-12-9-16(22)13-18(19)20(25-21)14-5-3-2-4-6-14/h2-13,20-21,23H,1H3/t20-,21+/m0/s1.